The molecule has 0 fully saturated rings. The molecule has 20 heavy (non-hydrogen) atoms. The van der Waals surface area contributed by atoms with Gasteiger partial charge in [0.25, 0.3) is 0 Å². The van der Waals surface area contributed by atoms with Crippen LogP contribution in [0, 0.1) is 6.92 Å². The van der Waals surface area contributed by atoms with E-state index >= 15 is 0 Å². The molecule has 0 aliphatic rings. The second-order valence-corrected chi connectivity index (χ2v) is 5.55. The number of aromatic nitrogens is 2. The van der Waals surface area contributed by atoms with Crippen molar-refractivity contribution in [3.8, 4) is 11.5 Å². The maximum atomic E-state index is 5.65. The lowest BCUT2D eigenvalue weighted by molar-refractivity contribution is 0.365. The molecule has 2 aromatic heterocycles. The summed E-state index contributed by atoms with van der Waals surface area (Å²) in [5.74, 6) is 1.76. The lowest BCUT2D eigenvalue weighted by Crippen LogP contribution is -2.29. The van der Waals surface area contributed by atoms with Crippen molar-refractivity contribution in [1.29, 1.82) is 0 Å². The third-order valence-corrected chi connectivity index (χ3v) is 3.35. The Labute approximate surface area is 120 Å². The Morgan fingerprint density at radius 3 is 2.85 bits per heavy atom. The quantitative estimate of drug-likeness (QED) is 0.815. The van der Waals surface area contributed by atoms with Gasteiger partial charge in [-0.15, -0.1) is 0 Å². The molecule has 2 aromatic rings. The Morgan fingerprint density at radius 2 is 2.20 bits per heavy atom. The minimum atomic E-state index is 0.471. The summed E-state index contributed by atoms with van der Waals surface area (Å²) in [5, 5.41) is 10.7. The number of hydrogen-bond donors (Lipinski definition) is 2. The first kappa shape index (κ1) is 14.8. The fourth-order valence-corrected chi connectivity index (χ4v) is 2.07. The summed E-state index contributed by atoms with van der Waals surface area (Å²) >= 11 is 0. The van der Waals surface area contributed by atoms with Crippen molar-refractivity contribution in [2.75, 3.05) is 20.6 Å². The Hall–Kier alpha value is -1.59. The molecular formula is C15H24N4O. The van der Waals surface area contributed by atoms with E-state index in [2.05, 4.69) is 41.4 Å². The second kappa shape index (κ2) is 6.72. The number of H-pyrrole nitrogens is 1. The fraction of sp³-hybridized carbons (Fsp3) is 0.533. The van der Waals surface area contributed by atoms with E-state index in [1.165, 1.54) is 0 Å². The summed E-state index contributed by atoms with van der Waals surface area (Å²) in [6, 6.07) is 4.41. The van der Waals surface area contributed by atoms with Gasteiger partial charge in [-0.3, -0.25) is 5.10 Å². The molecule has 110 valence electrons. The summed E-state index contributed by atoms with van der Waals surface area (Å²) in [7, 11) is 4.19. The molecule has 1 atom stereocenters. The van der Waals surface area contributed by atoms with E-state index in [9.17, 15) is 0 Å². The van der Waals surface area contributed by atoms with Gasteiger partial charge >= 0.3 is 0 Å². The van der Waals surface area contributed by atoms with Crippen molar-refractivity contribution in [3.05, 3.63) is 29.7 Å². The standard InChI is InChI=1S/C15H24N4O/c1-11(7-8-19(3)4)16-9-13-10-17-18-15(13)14-6-5-12(2)20-14/h5-6,10-11,16H,7-9H2,1-4H3,(H,17,18). The number of hydrogen-bond acceptors (Lipinski definition) is 4. The summed E-state index contributed by atoms with van der Waals surface area (Å²) in [5.41, 5.74) is 2.10. The molecular weight excluding hydrogens is 252 g/mol. The van der Waals surface area contributed by atoms with E-state index in [1.807, 2.05) is 25.3 Å². The first-order valence-electron chi connectivity index (χ1n) is 7.03. The largest absolute Gasteiger partial charge is 0.460 e. The Bertz CT molecular complexity index is 529. The van der Waals surface area contributed by atoms with Gasteiger partial charge in [-0.25, -0.2) is 0 Å². The van der Waals surface area contributed by atoms with E-state index in [0.29, 0.717) is 6.04 Å². The number of rotatable bonds is 7. The molecule has 1 unspecified atom stereocenters. The SMILES string of the molecule is Cc1ccc(-c2[nH]ncc2CNC(C)CCN(C)C)o1. The van der Waals surface area contributed by atoms with Crippen LogP contribution in [0.5, 0.6) is 0 Å². The summed E-state index contributed by atoms with van der Waals surface area (Å²) in [6.45, 7) is 6.03. The van der Waals surface area contributed by atoms with Crippen molar-refractivity contribution < 1.29 is 4.42 Å². The van der Waals surface area contributed by atoms with Gasteiger partial charge in [0.2, 0.25) is 0 Å². The van der Waals surface area contributed by atoms with E-state index in [-0.39, 0.29) is 0 Å². The lowest BCUT2D eigenvalue weighted by atomic mass is 10.2. The zero-order valence-corrected chi connectivity index (χ0v) is 12.7. The number of furan rings is 1. The van der Waals surface area contributed by atoms with Gasteiger partial charge in [-0.2, -0.15) is 5.10 Å². The van der Waals surface area contributed by atoms with Crippen LogP contribution in [0.4, 0.5) is 0 Å². The first-order valence-corrected chi connectivity index (χ1v) is 7.03. The topological polar surface area (TPSA) is 57.1 Å². The van der Waals surface area contributed by atoms with Crippen molar-refractivity contribution in [1.82, 2.24) is 20.4 Å². The molecule has 0 aliphatic heterocycles. The number of nitrogens with one attached hydrogen (secondary N) is 2. The molecule has 2 heterocycles. The van der Waals surface area contributed by atoms with Gasteiger partial charge in [0.05, 0.1) is 6.20 Å². The van der Waals surface area contributed by atoms with Gasteiger partial charge in [0.1, 0.15) is 11.5 Å². The van der Waals surface area contributed by atoms with Crippen LogP contribution in [0.1, 0.15) is 24.7 Å². The van der Waals surface area contributed by atoms with Crippen LogP contribution in [0.25, 0.3) is 11.5 Å². The highest BCUT2D eigenvalue weighted by molar-refractivity contribution is 5.56. The predicted molar refractivity (Wildman–Crippen MR) is 80.5 cm³/mol. The number of aryl methyl sites for hydroxylation is 1. The Kier molecular flexibility index (Phi) is 4.98. The highest BCUT2D eigenvalue weighted by Crippen LogP contribution is 2.23. The molecule has 2 N–H and O–H groups in total. The van der Waals surface area contributed by atoms with Crippen molar-refractivity contribution >= 4 is 0 Å². The second-order valence-electron chi connectivity index (χ2n) is 5.55. The van der Waals surface area contributed by atoms with E-state index in [0.717, 1.165) is 42.3 Å². The van der Waals surface area contributed by atoms with Crippen LogP contribution in [0.3, 0.4) is 0 Å². The van der Waals surface area contributed by atoms with Gasteiger partial charge in [-0.1, -0.05) is 0 Å². The average molecular weight is 276 g/mol. The molecule has 5 nitrogen and oxygen atoms in total. The van der Waals surface area contributed by atoms with Gasteiger partial charge in [0, 0.05) is 18.2 Å². The van der Waals surface area contributed by atoms with Crippen LogP contribution in [0.15, 0.2) is 22.7 Å². The van der Waals surface area contributed by atoms with Crippen LogP contribution >= 0.6 is 0 Å². The van der Waals surface area contributed by atoms with Gasteiger partial charge in [-0.05, 0) is 53.0 Å². The summed E-state index contributed by atoms with van der Waals surface area (Å²) < 4.78 is 5.65. The maximum Gasteiger partial charge on any atom is 0.152 e. The highest BCUT2D eigenvalue weighted by Gasteiger charge is 2.12. The molecule has 0 aliphatic carbocycles. The Balaban J connectivity index is 1.92. The number of nitrogens with zero attached hydrogens (tertiary/aromatic N) is 2. The van der Waals surface area contributed by atoms with Crippen LogP contribution in [0.2, 0.25) is 0 Å². The Morgan fingerprint density at radius 1 is 1.40 bits per heavy atom. The smallest absolute Gasteiger partial charge is 0.152 e. The monoisotopic (exact) mass is 276 g/mol. The molecule has 0 spiro atoms. The van der Waals surface area contributed by atoms with Gasteiger partial charge in [0.15, 0.2) is 5.76 Å². The zero-order valence-electron chi connectivity index (χ0n) is 12.7. The number of aromatic amines is 1. The minimum absolute atomic E-state index is 0.471. The summed E-state index contributed by atoms with van der Waals surface area (Å²) in [4.78, 5) is 2.20. The van der Waals surface area contributed by atoms with Crippen molar-refractivity contribution in [3.63, 3.8) is 0 Å². The average Bonchev–Trinajstić information content (AvgIpc) is 3.02. The molecule has 0 bridgehead atoms. The highest BCUT2D eigenvalue weighted by atomic mass is 16.3. The predicted octanol–water partition coefficient (Wildman–Crippen LogP) is 2.41. The van der Waals surface area contributed by atoms with Crippen molar-refractivity contribution in [2.45, 2.75) is 32.9 Å². The molecule has 0 aromatic carbocycles. The lowest BCUT2D eigenvalue weighted by Gasteiger charge is -2.16. The normalized spacial score (nSPS) is 13.1. The van der Waals surface area contributed by atoms with Crippen LogP contribution in [-0.2, 0) is 6.54 Å². The third kappa shape index (κ3) is 3.95. The first-order chi connectivity index (χ1) is 9.56. The third-order valence-electron chi connectivity index (χ3n) is 3.35. The van der Waals surface area contributed by atoms with Crippen LogP contribution in [-0.4, -0.2) is 41.8 Å². The molecule has 2 rings (SSSR count). The van der Waals surface area contributed by atoms with E-state index in [1.54, 1.807) is 0 Å². The zero-order chi connectivity index (χ0) is 14.5. The van der Waals surface area contributed by atoms with E-state index < -0.39 is 0 Å². The molecule has 0 saturated heterocycles. The minimum Gasteiger partial charge on any atom is -0.460 e. The fourth-order valence-electron chi connectivity index (χ4n) is 2.07. The molecule has 0 saturated carbocycles. The van der Waals surface area contributed by atoms with Gasteiger partial charge < -0.3 is 14.6 Å². The summed E-state index contributed by atoms with van der Waals surface area (Å²) in [6.07, 6.45) is 2.99. The maximum absolute atomic E-state index is 5.65. The van der Waals surface area contributed by atoms with Crippen LogP contribution < -0.4 is 5.32 Å². The molecule has 0 radical (unpaired) electrons. The molecule has 5 heteroatoms. The van der Waals surface area contributed by atoms with E-state index in [4.69, 9.17) is 4.42 Å². The molecule has 0 amide bonds. The van der Waals surface area contributed by atoms with Crippen molar-refractivity contribution in [2.24, 2.45) is 0 Å².